The van der Waals surface area contributed by atoms with Crippen molar-refractivity contribution in [3.63, 3.8) is 0 Å². The van der Waals surface area contributed by atoms with Crippen molar-refractivity contribution in [1.29, 1.82) is 0 Å². The molecule has 1 atom stereocenters. The molecule has 0 saturated carbocycles. The maximum atomic E-state index is 13.0. The molecule has 2 heterocycles. The third-order valence-electron chi connectivity index (χ3n) is 6.37. The van der Waals surface area contributed by atoms with Gasteiger partial charge in [-0.05, 0) is 69.1 Å². The number of carbonyl (C=O) groups is 2. The van der Waals surface area contributed by atoms with E-state index < -0.39 is 0 Å². The summed E-state index contributed by atoms with van der Waals surface area (Å²) in [6.07, 6.45) is 6.73. The highest BCUT2D eigenvalue weighted by Gasteiger charge is 2.30. The second kappa shape index (κ2) is 11.2. The molecule has 2 N–H and O–H groups in total. The largest absolute Gasteiger partial charge is 0.325 e. The lowest BCUT2D eigenvalue weighted by molar-refractivity contribution is -0.120. The van der Waals surface area contributed by atoms with Gasteiger partial charge in [0.25, 0.3) is 0 Å². The van der Waals surface area contributed by atoms with E-state index in [0.29, 0.717) is 12.2 Å². The molecule has 170 valence electrons. The first-order valence-corrected chi connectivity index (χ1v) is 11.9. The van der Waals surface area contributed by atoms with E-state index >= 15 is 0 Å². The maximum Gasteiger partial charge on any atom is 0.241 e. The van der Waals surface area contributed by atoms with Gasteiger partial charge < -0.3 is 10.6 Å². The number of rotatable bonds is 7. The van der Waals surface area contributed by atoms with Crippen molar-refractivity contribution >= 4 is 23.2 Å². The zero-order chi connectivity index (χ0) is 22.2. The van der Waals surface area contributed by atoms with Gasteiger partial charge in [0.2, 0.25) is 11.8 Å². The molecule has 2 fully saturated rings. The summed E-state index contributed by atoms with van der Waals surface area (Å²) < 4.78 is 0. The van der Waals surface area contributed by atoms with Crippen LogP contribution in [0, 0.1) is 0 Å². The van der Waals surface area contributed by atoms with Crippen LogP contribution in [-0.4, -0.2) is 53.8 Å². The van der Waals surface area contributed by atoms with Crippen LogP contribution in [0.3, 0.4) is 0 Å². The van der Waals surface area contributed by atoms with Crippen molar-refractivity contribution in [3.05, 3.63) is 60.2 Å². The molecule has 2 amide bonds. The van der Waals surface area contributed by atoms with E-state index in [1.165, 1.54) is 18.4 Å². The highest BCUT2D eigenvalue weighted by atomic mass is 16.2. The van der Waals surface area contributed by atoms with Gasteiger partial charge in [0.1, 0.15) is 0 Å². The predicted octanol–water partition coefficient (Wildman–Crippen LogP) is 4.10. The summed E-state index contributed by atoms with van der Waals surface area (Å²) in [6, 6.07) is 17.6. The van der Waals surface area contributed by atoms with Crippen LogP contribution in [-0.2, 0) is 16.1 Å². The molecule has 0 radical (unpaired) electrons. The third-order valence-corrected chi connectivity index (χ3v) is 6.37. The fourth-order valence-corrected chi connectivity index (χ4v) is 4.73. The van der Waals surface area contributed by atoms with E-state index in [9.17, 15) is 9.59 Å². The molecule has 0 aromatic heterocycles. The molecule has 2 aliphatic rings. The molecular weight excluding hydrogens is 400 g/mol. The number of carbonyl (C=O) groups excluding carboxylic acids is 2. The summed E-state index contributed by atoms with van der Waals surface area (Å²) in [5.74, 6) is 0.0201. The fraction of sp³-hybridized carbons (Fsp3) is 0.462. The number of amides is 2. The van der Waals surface area contributed by atoms with Gasteiger partial charge in [-0.25, -0.2) is 0 Å². The number of hydrogen-bond donors (Lipinski definition) is 2. The summed E-state index contributed by atoms with van der Waals surface area (Å²) in [7, 11) is 0. The molecular formula is C26H34N4O2. The second-order valence-electron chi connectivity index (χ2n) is 8.92. The Balaban J connectivity index is 1.31. The second-order valence-corrected chi connectivity index (χ2v) is 8.92. The van der Waals surface area contributed by atoms with Gasteiger partial charge in [-0.1, -0.05) is 49.2 Å². The monoisotopic (exact) mass is 434 g/mol. The molecule has 1 unspecified atom stereocenters. The van der Waals surface area contributed by atoms with Crippen LogP contribution in [0.25, 0.3) is 0 Å². The molecule has 0 spiro atoms. The molecule has 2 aliphatic heterocycles. The Morgan fingerprint density at radius 1 is 0.812 bits per heavy atom. The molecule has 6 nitrogen and oxygen atoms in total. The Kier molecular flexibility index (Phi) is 7.91. The Hall–Kier alpha value is -2.70. The number of nitrogens with one attached hydrogen (secondary N) is 2. The van der Waals surface area contributed by atoms with E-state index in [-0.39, 0.29) is 17.9 Å². The molecule has 2 saturated heterocycles. The van der Waals surface area contributed by atoms with Crippen LogP contribution in [0.4, 0.5) is 11.4 Å². The first kappa shape index (κ1) is 22.5. The lowest BCUT2D eigenvalue weighted by Crippen LogP contribution is -2.39. The summed E-state index contributed by atoms with van der Waals surface area (Å²) in [5, 5.41) is 6.05. The van der Waals surface area contributed by atoms with Crippen LogP contribution in [0.2, 0.25) is 0 Å². The van der Waals surface area contributed by atoms with Crippen molar-refractivity contribution in [3.8, 4) is 0 Å². The minimum atomic E-state index is -0.128. The van der Waals surface area contributed by atoms with E-state index in [4.69, 9.17) is 0 Å². The zero-order valence-electron chi connectivity index (χ0n) is 18.8. The molecule has 32 heavy (non-hydrogen) atoms. The van der Waals surface area contributed by atoms with Crippen molar-refractivity contribution < 1.29 is 9.59 Å². The molecule has 4 rings (SSSR count). The van der Waals surface area contributed by atoms with Crippen LogP contribution < -0.4 is 10.6 Å². The molecule has 2 aromatic carbocycles. The average molecular weight is 435 g/mol. The highest BCUT2D eigenvalue weighted by molar-refractivity contribution is 5.97. The summed E-state index contributed by atoms with van der Waals surface area (Å²) in [4.78, 5) is 30.0. The number of hydrogen-bond acceptors (Lipinski definition) is 4. The topological polar surface area (TPSA) is 64.7 Å². The highest BCUT2D eigenvalue weighted by Crippen LogP contribution is 2.23. The van der Waals surface area contributed by atoms with Gasteiger partial charge in [-0.3, -0.25) is 19.4 Å². The Bertz CT molecular complexity index is 894. The normalized spacial score (nSPS) is 19.9. The van der Waals surface area contributed by atoms with Crippen LogP contribution in [0.1, 0.15) is 44.1 Å². The Labute approximate surface area is 191 Å². The smallest absolute Gasteiger partial charge is 0.241 e. The SMILES string of the molecule is O=C(CN1CCCCCC1)Nc1cccc(NC(=O)C2CCCN2Cc2ccccc2)c1. The van der Waals surface area contributed by atoms with E-state index in [0.717, 1.165) is 57.5 Å². The zero-order valence-corrected chi connectivity index (χ0v) is 18.8. The maximum absolute atomic E-state index is 13.0. The Morgan fingerprint density at radius 2 is 1.53 bits per heavy atom. The van der Waals surface area contributed by atoms with Crippen molar-refractivity contribution in [1.82, 2.24) is 9.80 Å². The van der Waals surface area contributed by atoms with Gasteiger partial charge in [-0.2, -0.15) is 0 Å². The number of anilines is 2. The van der Waals surface area contributed by atoms with E-state index in [1.54, 1.807) is 0 Å². The minimum absolute atomic E-state index is 0.000190. The van der Waals surface area contributed by atoms with Crippen molar-refractivity contribution in [2.24, 2.45) is 0 Å². The van der Waals surface area contributed by atoms with E-state index in [2.05, 4.69) is 32.6 Å². The third kappa shape index (κ3) is 6.40. The summed E-state index contributed by atoms with van der Waals surface area (Å²) in [5.41, 5.74) is 2.66. The lowest BCUT2D eigenvalue weighted by atomic mass is 10.1. The molecule has 2 aromatic rings. The average Bonchev–Trinajstić information content (AvgIpc) is 3.10. The minimum Gasteiger partial charge on any atom is -0.325 e. The number of nitrogens with zero attached hydrogens (tertiary/aromatic N) is 2. The van der Waals surface area contributed by atoms with Gasteiger partial charge in [-0.15, -0.1) is 0 Å². The Morgan fingerprint density at radius 3 is 2.28 bits per heavy atom. The summed E-state index contributed by atoms with van der Waals surface area (Å²) in [6.45, 7) is 4.12. The van der Waals surface area contributed by atoms with Gasteiger partial charge >= 0.3 is 0 Å². The quantitative estimate of drug-likeness (QED) is 0.689. The summed E-state index contributed by atoms with van der Waals surface area (Å²) >= 11 is 0. The molecule has 6 heteroatoms. The number of likely N-dealkylation sites (tertiary alicyclic amines) is 2. The fourth-order valence-electron chi connectivity index (χ4n) is 4.73. The first-order valence-electron chi connectivity index (χ1n) is 11.9. The van der Waals surface area contributed by atoms with Gasteiger partial charge in [0.05, 0.1) is 12.6 Å². The molecule has 0 aliphatic carbocycles. The van der Waals surface area contributed by atoms with Crippen LogP contribution in [0.15, 0.2) is 54.6 Å². The molecule has 0 bridgehead atoms. The first-order chi connectivity index (χ1) is 15.7. The van der Waals surface area contributed by atoms with Crippen LogP contribution >= 0.6 is 0 Å². The van der Waals surface area contributed by atoms with Gasteiger partial charge in [0.15, 0.2) is 0 Å². The predicted molar refractivity (Wildman–Crippen MR) is 128 cm³/mol. The van der Waals surface area contributed by atoms with Gasteiger partial charge in [0, 0.05) is 17.9 Å². The van der Waals surface area contributed by atoms with Crippen LogP contribution in [0.5, 0.6) is 0 Å². The number of benzene rings is 2. The van der Waals surface area contributed by atoms with E-state index in [1.807, 2.05) is 42.5 Å². The standard InChI is InChI=1S/C26H34N4O2/c31-25(20-29-15-6-1-2-7-16-29)27-22-12-8-13-23(18-22)28-26(32)24-14-9-17-30(24)19-21-10-4-3-5-11-21/h3-5,8,10-13,18,24H,1-2,6-7,9,14-17,19-20H2,(H,27,31)(H,28,32). The van der Waals surface area contributed by atoms with Crippen molar-refractivity contribution in [2.75, 3.05) is 36.8 Å². The lowest BCUT2D eigenvalue weighted by Gasteiger charge is -2.24. The van der Waals surface area contributed by atoms with Crippen molar-refractivity contribution in [2.45, 2.75) is 51.1 Å².